The van der Waals surface area contributed by atoms with Crippen LogP contribution in [-0.4, -0.2) is 23.7 Å². The van der Waals surface area contributed by atoms with Crippen LogP contribution in [0.25, 0.3) is 16.3 Å². The third-order valence-electron chi connectivity index (χ3n) is 6.54. The summed E-state index contributed by atoms with van der Waals surface area (Å²) in [5.41, 5.74) is 4.90. The highest BCUT2D eigenvalue weighted by molar-refractivity contribution is 6.50. The van der Waals surface area contributed by atoms with Gasteiger partial charge in [0.25, 0.3) is 5.91 Å². The van der Waals surface area contributed by atoms with Crippen LogP contribution < -0.4 is 4.90 Å². The number of amides is 1. The minimum atomic E-state index is -0.404. The molecule has 0 spiro atoms. The highest BCUT2D eigenvalue weighted by Crippen LogP contribution is 2.48. The Morgan fingerprint density at radius 1 is 1.04 bits per heavy atom. The van der Waals surface area contributed by atoms with E-state index >= 15 is 0 Å². The number of nitrogens with zero attached hydrogens (tertiary/aromatic N) is 3. The third-order valence-corrected chi connectivity index (χ3v) is 6.54. The van der Waals surface area contributed by atoms with E-state index in [2.05, 4.69) is 40.2 Å². The molecule has 2 unspecified atom stereocenters. The molecule has 1 amide bonds. The first-order chi connectivity index (χ1) is 12.8. The summed E-state index contributed by atoms with van der Waals surface area (Å²) >= 11 is 0. The molecule has 2 saturated heterocycles. The number of benzene rings is 2. The summed E-state index contributed by atoms with van der Waals surface area (Å²) in [4.78, 5) is 18.9. The van der Waals surface area contributed by atoms with Gasteiger partial charge < -0.3 is 4.90 Å². The number of anilines is 1. The first kappa shape index (κ1) is 14.3. The molecule has 2 bridgehead atoms. The summed E-state index contributed by atoms with van der Waals surface area (Å²) in [5, 5.41) is 11.8. The van der Waals surface area contributed by atoms with Crippen molar-refractivity contribution < 1.29 is 4.79 Å². The average Bonchev–Trinajstić information content (AvgIpc) is 3.23. The van der Waals surface area contributed by atoms with Gasteiger partial charge in [0.1, 0.15) is 11.6 Å². The summed E-state index contributed by atoms with van der Waals surface area (Å²) in [6.45, 7) is 0. The molecule has 0 aromatic heterocycles. The van der Waals surface area contributed by atoms with Gasteiger partial charge in [0.15, 0.2) is 0 Å². The number of hydrogen-bond donors (Lipinski definition) is 0. The number of aliphatic imine (C=N–C) groups is 1. The van der Waals surface area contributed by atoms with E-state index in [4.69, 9.17) is 0 Å². The van der Waals surface area contributed by atoms with E-state index in [1.807, 2.05) is 6.07 Å². The van der Waals surface area contributed by atoms with E-state index in [1.165, 1.54) is 43.2 Å². The lowest BCUT2D eigenvalue weighted by atomic mass is 9.96. The van der Waals surface area contributed by atoms with Gasteiger partial charge in [-0.1, -0.05) is 24.3 Å². The van der Waals surface area contributed by atoms with Crippen LogP contribution in [0.3, 0.4) is 0 Å². The Balaban J connectivity index is 1.64. The zero-order valence-electron chi connectivity index (χ0n) is 14.3. The predicted molar refractivity (Wildman–Crippen MR) is 101 cm³/mol. The Kier molecular flexibility index (Phi) is 2.65. The molecule has 26 heavy (non-hydrogen) atoms. The molecule has 2 fully saturated rings. The van der Waals surface area contributed by atoms with Gasteiger partial charge in [0, 0.05) is 39.7 Å². The number of fused-ring (bicyclic) bond motifs is 5. The van der Waals surface area contributed by atoms with Crippen molar-refractivity contribution in [1.82, 2.24) is 0 Å². The van der Waals surface area contributed by atoms with Crippen LogP contribution in [0, 0.1) is 11.3 Å². The fourth-order valence-electron chi connectivity index (χ4n) is 5.53. The molecule has 0 saturated carbocycles. The Bertz CT molecular complexity index is 1100. The van der Waals surface area contributed by atoms with Crippen molar-refractivity contribution in [2.75, 3.05) is 4.90 Å². The Morgan fingerprint density at radius 3 is 2.62 bits per heavy atom. The van der Waals surface area contributed by atoms with Gasteiger partial charge in [-0.25, -0.2) is 4.99 Å². The summed E-state index contributed by atoms with van der Waals surface area (Å²) < 4.78 is 0. The van der Waals surface area contributed by atoms with Crippen LogP contribution in [0.2, 0.25) is 0 Å². The SMILES string of the molecule is N#CC1=C2C(=NC1=O)c1cccc3c(N4C5CCCC4CC5)ccc2c13. The van der Waals surface area contributed by atoms with E-state index in [0.717, 1.165) is 22.1 Å². The van der Waals surface area contributed by atoms with Crippen LogP contribution >= 0.6 is 0 Å². The predicted octanol–water partition coefficient (Wildman–Crippen LogP) is 3.98. The molecule has 2 aromatic rings. The lowest BCUT2D eigenvalue weighted by Gasteiger charge is -2.37. The Morgan fingerprint density at radius 2 is 1.85 bits per heavy atom. The van der Waals surface area contributed by atoms with Gasteiger partial charge in [0.2, 0.25) is 0 Å². The Labute approximate surface area is 151 Å². The molecule has 2 atom stereocenters. The van der Waals surface area contributed by atoms with Gasteiger partial charge in [-0.15, -0.1) is 0 Å². The number of allylic oxidation sites excluding steroid dienone is 1. The average molecular weight is 339 g/mol. The second-order valence-electron chi connectivity index (χ2n) is 7.71. The second kappa shape index (κ2) is 4.82. The van der Waals surface area contributed by atoms with Crippen LogP contribution in [0.4, 0.5) is 5.69 Å². The molecule has 0 radical (unpaired) electrons. The molecule has 4 nitrogen and oxygen atoms in total. The minimum Gasteiger partial charge on any atom is -0.365 e. The van der Waals surface area contributed by atoms with E-state index in [-0.39, 0.29) is 5.57 Å². The zero-order chi connectivity index (χ0) is 17.4. The maximum absolute atomic E-state index is 12.1. The molecule has 6 rings (SSSR count). The molecular formula is C22H17N3O. The maximum atomic E-state index is 12.1. The highest BCUT2D eigenvalue weighted by atomic mass is 16.1. The maximum Gasteiger partial charge on any atom is 0.288 e. The summed E-state index contributed by atoms with van der Waals surface area (Å²) in [5.74, 6) is -0.404. The van der Waals surface area contributed by atoms with Crippen LogP contribution in [0.5, 0.6) is 0 Å². The molecule has 3 aliphatic heterocycles. The van der Waals surface area contributed by atoms with Crippen LogP contribution in [-0.2, 0) is 4.79 Å². The van der Waals surface area contributed by atoms with Gasteiger partial charge in [-0.05, 0) is 43.7 Å². The fraction of sp³-hybridized carbons (Fsp3) is 0.318. The minimum absolute atomic E-state index is 0.184. The normalized spacial score (nSPS) is 25.7. The second-order valence-corrected chi connectivity index (χ2v) is 7.71. The molecule has 4 aliphatic rings. The molecule has 4 heteroatoms. The van der Waals surface area contributed by atoms with Crippen LogP contribution in [0.1, 0.15) is 43.2 Å². The molecule has 126 valence electrons. The van der Waals surface area contributed by atoms with Crippen molar-refractivity contribution in [2.24, 2.45) is 4.99 Å². The van der Waals surface area contributed by atoms with Crippen molar-refractivity contribution in [3.8, 4) is 6.07 Å². The Hall–Kier alpha value is -2.93. The molecular weight excluding hydrogens is 322 g/mol. The fourth-order valence-corrected chi connectivity index (χ4v) is 5.53. The topological polar surface area (TPSA) is 56.5 Å². The standard InChI is InChI=1S/C22H17N3O/c23-11-17-20-15-9-10-18(25-12-3-1-4-13(25)8-7-12)14-5-2-6-16(19(14)15)21(20)24-22(17)26/h2,5-6,9-10,12-13H,1,3-4,7-8H2. The van der Waals surface area contributed by atoms with Gasteiger partial charge in [-0.3, -0.25) is 4.79 Å². The van der Waals surface area contributed by atoms with Gasteiger partial charge >= 0.3 is 0 Å². The van der Waals surface area contributed by atoms with Crippen molar-refractivity contribution in [1.29, 1.82) is 5.26 Å². The quantitative estimate of drug-likeness (QED) is 0.789. The smallest absolute Gasteiger partial charge is 0.288 e. The molecule has 1 aliphatic carbocycles. The zero-order valence-corrected chi connectivity index (χ0v) is 14.3. The molecule has 0 N–H and O–H groups in total. The van der Waals surface area contributed by atoms with Gasteiger partial charge in [0.05, 0.1) is 5.71 Å². The van der Waals surface area contributed by atoms with Gasteiger partial charge in [-0.2, -0.15) is 5.26 Å². The highest BCUT2D eigenvalue weighted by Gasteiger charge is 2.40. The first-order valence-electron chi connectivity index (χ1n) is 9.40. The number of piperidine rings is 1. The van der Waals surface area contributed by atoms with Crippen molar-refractivity contribution in [2.45, 2.75) is 44.2 Å². The number of rotatable bonds is 1. The number of carbonyl (C=O) groups is 1. The number of hydrogen-bond acceptors (Lipinski definition) is 3. The monoisotopic (exact) mass is 339 g/mol. The molecule has 2 aromatic carbocycles. The lowest BCUT2D eigenvalue weighted by Crippen LogP contribution is -2.39. The van der Waals surface area contributed by atoms with Crippen molar-refractivity contribution in [3.63, 3.8) is 0 Å². The summed E-state index contributed by atoms with van der Waals surface area (Å²) in [6, 6.07) is 13.9. The lowest BCUT2D eigenvalue weighted by molar-refractivity contribution is -0.113. The van der Waals surface area contributed by atoms with E-state index in [0.29, 0.717) is 17.8 Å². The summed E-state index contributed by atoms with van der Waals surface area (Å²) in [7, 11) is 0. The number of carbonyl (C=O) groups excluding carboxylic acids is 1. The summed E-state index contributed by atoms with van der Waals surface area (Å²) in [6.07, 6.45) is 6.48. The van der Waals surface area contributed by atoms with Crippen LogP contribution in [0.15, 0.2) is 40.9 Å². The molecule has 3 heterocycles. The van der Waals surface area contributed by atoms with E-state index < -0.39 is 5.91 Å². The first-order valence-corrected chi connectivity index (χ1v) is 9.40. The van der Waals surface area contributed by atoms with Crippen molar-refractivity contribution in [3.05, 3.63) is 47.0 Å². The van der Waals surface area contributed by atoms with E-state index in [1.54, 1.807) is 0 Å². The third kappa shape index (κ3) is 1.59. The number of nitriles is 1. The van der Waals surface area contributed by atoms with Crippen molar-refractivity contribution >= 4 is 33.7 Å². The largest absolute Gasteiger partial charge is 0.365 e. The van der Waals surface area contributed by atoms with E-state index in [9.17, 15) is 10.1 Å².